The summed E-state index contributed by atoms with van der Waals surface area (Å²) in [4.78, 5) is 11.8. The van der Waals surface area contributed by atoms with Gasteiger partial charge in [0.25, 0.3) is 0 Å². The quantitative estimate of drug-likeness (QED) is 0.823. The van der Waals surface area contributed by atoms with Crippen LogP contribution in [0.4, 0.5) is 23.2 Å². The Labute approximate surface area is 112 Å². The standard InChI is InChI=1S/C13H13F4NO2/c14-10-5-4-7(6-9(10)13(15,16)17)18-12(20)8-2-1-3-11(8)19/h4-6,8,11,19H,1-3H2,(H,18,20). The van der Waals surface area contributed by atoms with Crippen molar-refractivity contribution in [2.24, 2.45) is 5.92 Å². The molecule has 0 spiro atoms. The van der Waals surface area contributed by atoms with E-state index in [0.717, 1.165) is 6.07 Å². The Kier molecular flexibility index (Phi) is 3.99. The summed E-state index contributed by atoms with van der Waals surface area (Å²) in [6, 6.07) is 2.27. The predicted octanol–water partition coefficient (Wildman–Crippen LogP) is 2.94. The zero-order valence-corrected chi connectivity index (χ0v) is 10.4. The number of aliphatic hydroxyl groups excluding tert-OH is 1. The zero-order valence-electron chi connectivity index (χ0n) is 10.4. The van der Waals surface area contributed by atoms with Gasteiger partial charge in [-0.2, -0.15) is 13.2 Å². The Hall–Kier alpha value is -1.63. The van der Waals surface area contributed by atoms with Gasteiger partial charge in [-0.15, -0.1) is 0 Å². The van der Waals surface area contributed by atoms with E-state index in [1.54, 1.807) is 0 Å². The number of rotatable bonds is 2. The molecular formula is C13H13F4NO2. The lowest BCUT2D eigenvalue weighted by Gasteiger charge is -2.15. The number of nitrogens with one attached hydrogen (secondary N) is 1. The minimum atomic E-state index is -4.82. The average Bonchev–Trinajstić information content (AvgIpc) is 2.76. The van der Waals surface area contributed by atoms with E-state index in [9.17, 15) is 27.5 Å². The summed E-state index contributed by atoms with van der Waals surface area (Å²) in [5, 5.41) is 11.9. The van der Waals surface area contributed by atoms with Gasteiger partial charge in [-0.1, -0.05) is 0 Å². The monoisotopic (exact) mass is 291 g/mol. The fraction of sp³-hybridized carbons (Fsp3) is 0.462. The van der Waals surface area contributed by atoms with Crippen molar-refractivity contribution in [1.29, 1.82) is 0 Å². The van der Waals surface area contributed by atoms with Gasteiger partial charge >= 0.3 is 6.18 Å². The number of benzene rings is 1. The largest absolute Gasteiger partial charge is 0.419 e. The molecule has 1 aliphatic rings. The van der Waals surface area contributed by atoms with Crippen molar-refractivity contribution in [3.8, 4) is 0 Å². The maximum atomic E-state index is 13.1. The first-order chi connectivity index (χ1) is 9.29. The van der Waals surface area contributed by atoms with Crippen LogP contribution in [-0.2, 0) is 11.0 Å². The number of carbonyl (C=O) groups excluding carboxylic acids is 1. The molecule has 110 valence electrons. The highest BCUT2D eigenvalue weighted by molar-refractivity contribution is 5.93. The molecule has 0 radical (unpaired) electrons. The van der Waals surface area contributed by atoms with Gasteiger partial charge in [-0.25, -0.2) is 4.39 Å². The highest BCUT2D eigenvalue weighted by Crippen LogP contribution is 2.33. The predicted molar refractivity (Wildman–Crippen MR) is 63.4 cm³/mol. The summed E-state index contributed by atoms with van der Waals surface area (Å²) in [5.41, 5.74) is -1.56. The molecule has 1 amide bonds. The molecule has 20 heavy (non-hydrogen) atoms. The van der Waals surface area contributed by atoms with E-state index >= 15 is 0 Å². The van der Waals surface area contributed by atoms with Gasteiger partial charge in [0.1, 0.15) is 5.82 Å². The minimum Gasteiger partial charge on any atom is -0.392 e. The van der Waals surface area contributed by atoms with E-state index in [1.165, 1.54) is 0 Å². The van der Waals surface area contributed by atoms with Crippen LogP contribution in [0.25, 0.3) is 0 Å². The van der Waals surface area contributed by atoms with Crippen LogP contribution in [0.15, 0.2) is 18.2 Å². The molecule has 2 atom stereocenters. The summed E-state index contributed by atoms with van der Waals surface area (Å²) < 4.78 is 50.7. The van der Waals surface area contributed by atoms with Gasteiger partial charge in [0.2, 0.25) is 5.91 Å². The number of alkyl halides is 3. The molecule has 1 aromatic carbocycles. The highest BCUT2D eigenvalue weighted by Gasteiger charge is 2.35. The lowest BCUT2D eigenvalue weighted by atomic mass is 10.0. The number of aliphatic hydroxyl groups is 1. The van der Waals surface area contributed by atoms with Crippen molar-refractivity contribution < 1.29 is 27.5 Å². The first kappa shape index (κ1) is 14.8. The third kappa shape index (κ3) is 3.09. The molecule has 1 aromatic rings. The molecular weight excluding hydrogens is 278 g/mol. The van der Waals surface area contributed by atoms with Crippen molar-refractivity contribution in [2.75, 3.05) is 5.32 Å². The molecule has 7 heteroatoms. The molecule has 0 bridgehead atoms. The molecule has 0 saturated heterocycles. The number of halogens is 4. The zero-order chi connectivity index (χ0) is 14.9. The fourth-order valence-electron chi connectivity index (χ4n) is 2.30. The Morgan fingerprint density at radius 2 is 2.00 bits per heavy atom. The molecule has 0 heterocycles. The van der Waals surface area contributed by atoms with Crippen LogP contribution in [0.3, 0.4) is 0 Å². The van der Waals surface area contributed by atoms with Gasteiger partial charge in [0.15, 0.2) is 0 Å². The van der Waals surface area contributed by atoms with E-state index in [-0.39, 0.29) is 5.69 Å². The van der Waals surface area contributed by atoms with Crippen LogP contribution in [0, 0.1) is 11.7 Å². The van der Waals surface area contributed by atoms with Gasteiger partial charge < -0.3 is 10.4 Å². The van der Waals surface area contributed by atoms with Crippen molar-refractivity contribution >= 4 is 11.6 Å². The SMILES string of the molecule is O=C(Nc1ccc(F)c(C(F)(F)F)c1)C1CCCC1O. The molecule has 2 rings (SSSR count). The van der Waals surface area contributed by atoms with Crippen LogP contribution < -0.4 is 5.32 Å². The lowest BCUT2D eigenvalue weighted by molar-refractivity contribution is -0.140. The molecule has 2 N–H and O–H groups in total. The van der Waals surface area contributed by atoms with Gasteiger partial charge in [-0.05, 0) is 37.5 Å². The van der Waals surface area contributed by atoms with E-state index in [0.29, 0.717) is 31.4 Å². The molecule has 3 nitrogen and oxygen atoms in total. The van der Waals surface area contributed by atoms with Crippen LogP contribution in [0.1, 0.15) is 24.8 Å². The Morgan fingerprint density at radius 3 is 2.55 bits per heavy atom. The molecule has 2 unspecified atom stereocenters. The maximum Gasteiger partial charge on any atom is 0.419 e. The first-order valence-electron chi connectivity index (χ1n) is 6.14. The van der Waals surface area contributed by atoms with Gasteiger partial charge in [-0.3, -0.25) is 4.79 Å². The highest BCUT2D eigenvalue weighted by atomic mass is 19.4. The number of hydrogen-bond acceptors (Lipinski definition) is 2. The van der Waals surface area contributed by atoms with Crippen molar-refractivity contribution in [3.05, 3.63) is 29.6 Å². The van der Waals surface area contributed by atoms with Crippen molar-refractivity contribution in [3.63, 3.8) is 0 Å². The number of carbonyl (C=O) groups is 1. The van der Waals surface area contributed by atoms with Gasteiger partial charge in [0, 0.05) is 5.69 Å². The van der Waals surface area contributed by atoms with E-state index in [1.807, 2.05) is 0 Å². The second-order valence-electron chi connectivity index (χ2n) is 4.79. The Morgan fingerprint density at radius 1 is 1.30 bits per heavy atom. The Balaban J connectivity index is 2.16. The van der Waals surface area contributed by atoms with Crippen molar-refractivity contribution in [2.45, 2.75) is 31.5 Å². The summed E-state index contributed by atoms with van der Waals surface area (Å²) in [7, 11) is 0. The summed E-state index contributed by atoms with van der Waals surface area (Å²) in [6.45, 7) is 0. The average molecular weight is 291 g/mol. The third-order valence-corrected chi connectivity index (χ3v) is 3.36. The lowest BCUT2D eigenvalue weighted by Crippen LogP contribution is -2.28. The van der Waals surface area contributed by atoms with Crippen LogP contribution in [-0.4, -0.2) is 17.1 Å². The normalized spacial score (nSPS) is 22.9. The molecule has 0 aliphatic heterocycles. The van der Waals surface area contributed by atoms with E-state index < -0.39 is 35.5 Å². The van der Waals surface area contributed by atoms with Crippen molar-refractivity contribution in [1.82, 2.24) is 0 Å². The first-order valence-corrected chi connectivity index (χ1v) is 6.14. The van der Waals surface area contributed by atoms with E-state index in [4.69, 9.17) is 0 Å². The number of anilines is 1. The minimum absolute atomic E-state index is 0.136. The Bertz CT molecular complexity index is 516. The third-order valence-electron chi connectivity index (χ3n) is 3.36. The maximum absolute atomic E-state index is 13.1. The molecule has 1 saturated carbocycles. The summed E-state index contributed by atoms with van der Waals surface area (Å²) in [6.07, 6.45) is -3.93. The number of hydrogen-bond donors (Lipinski definition) is 2. The van der Waals surface area contributed by atoms with Crippen LogP contribution in [0.2, 0.25) is 0 Å². The second kappa shape index (κ2) is 5.40. The van der Waals surface area contributed by atoms with Crippen LogP contribution in [0.5, 0.6) is 0 Å². The molecule has 1 fully saturated rings. The van der Waals surface area contributed by atoms with E-state index in [2.05, 4.69) is 5.32 Å². The van der Waals surface area contributed by atoms with Gasteiger partial charge in [0.05, 0.1) is 17.6 Å². The topological polar surface area (TPSA) is 49.3 Å². The summed E-state index contributed by atoms with van der Waals surface area (Å²) >= 11 is 0. The van der Waals surface area contributed by atoms with Crippen LogP contribution >= 0.6 is 0 Å². The smallest absolute Gasteiger partial charge is 0.392 e. The fourth-order valence-corrected chi connectivity index (χ4v) is 2.30. The molecule has 0 aromatic heterocycles. The summed E-state index contributed by atoms with van der Waals surface area (Å²) in [5.74, 6) is -2.57. The number of amides is 1. The second-order valence-corrected chi connectivity index (χ2v) is 4.79. The molecule has 1 aliphatic carbocycles.